The highest BCUT2D eigenvalue weighted by molar-refractivity contribution is 5.85. The third kappa shape index (κ3) is 5.39. The van der Waals surface area contributed by atoms with Crippen LogP contribution in [0.5, 0.6) is 0 Å². The van der Waals surface area contributed by atoms with E-state index in [9.17, 15) is 4.79 Å². The number of nitrogens with one attached hydrogen (secondary N) is 4. The summed E-state index contributed by atoms with van der Waals surface area (Å²) >= 11 is 0. The van der Waals surface area contributed by atoms with E-state index in [0.29, 0.717) is 12.5 Å². The molecule has 2 heterocycles. The highest BCUT2D eigenvalue weighted by Crippen LogP contribution is 2.19. The zero-order valence-corrected chi connectivity index (χ0v) is 16.3. The van der Waals surface area contributed by atoms with Gasteiger partial charge in [0.1, 0.15) is 12.3 Å². The molecule has 3 aromatic rings. The summed E-state index contributed by atoms with van der Waals surface area (Å²) in [5.41, 5.74) is 3.66. The summed E-state index contributed by atoms with van der Waals surface area (Å²) < 4.78 is 5.20. The van der Waals surface area contributed by atoms with Crippen molar-refractivity contribution in [3.05, 3.63) is 59.7 Å². The van der Waals surface area contributed by atoms with Crippen LogP contribution in [0.4, 0.5) is 0 Å². The van der Waals surface area contributed by atoms with Gasteiger partial charge < -0.3 is 25.4 Å². The molecule has 0 aliphatic heterocycles. The number of guanidine groups is 1. The van der Waals surface area contributed by atoms with Crippen LogP contribution in [0.3, 0.4) is 0 Å². The molecule has 148 valence electrons. The van der Waals surface area contributed by atoms with Gasteiger partial charge in [-0.05, 0) is 49.6 Å². The van der Waals surface area contributed by atoms with Crippen molar-refractivity contribution in [1.82, 2.24) is 20.9 Å². The van der Waals surface area contributed by atoms with Crippen molar-refractivity contribution < 1.29 is 9.21 Å². The van der Waals surface area contributed by atoms with Crippen LogP contribution in [0.1, 0.15) is 23.8 Å². The lowest BCUT2D eigenvalue weighted by molar-refractivity contribution is -0.119. The van der Waals surface area contributed by atoms with Crippen LogP contribution in [0.2, 0.25) is 0 Å². The van der Waals surface area contributed by atoms with E-state index in [1.54, 1.807) is 12.3 Å². The molecule has 0 saturated heterocycles. The Kier molecular flexibility index (Phi) is 6.73. The highest BCUT2D eigenvalue weighted by Gasteiger charge is 2.06. The van der Waals surface area contributed by atoms with Crippen molar-refractivity contribution >= 4 is 22.8 Å². The normalized spacial score (nSPS) is 11.6. The molecule has 1 aromatic carbocycles. The van der Waals surface area contributed by atoms with E-state index in [1.807, 2.05) is 13.0 Å². The van der Waals surface area contributed by atoms with E-state index >= 15 is 0 Å². The van der Waals surface area contributed by atoms with Gasteiger partial charge in [0.25, 0.3) is 0 Å². The molecule has 7 heteroatoms. The molecule has 28 heavy (non-hydrogen) atoms. The maximum absolute atomic E-state index is 12.0. The van der Waals surface area contributed by atoms with Crippen molar-refractivity contribution in [2.75, 3.05) is 19.6 Å². The van der Waals surface area contributed by atoms with E-state index in [4.69, 9.17) is 4.42 Å². The second-order valence-corrected chi connectivity index (χ2v) is 6.59. The zero-order chi connectivity index (χ0) is 19.8. The van der Waals surface area contributed by atoms with Gasteiger partial charge in [0.2, 0.25) is 5.91 Å². The Balaban J connectivity index is 1.49. The maximum atomic E-state index is 12.0. The monoisotopic (exact) mass is 381 g/mol. The first-order valence-electron chi connectivity index (χ1n) is 9.53. The molecule has 1 amide bonds. The molecule has 0 atom stereocenters. The molecular formula is C21H27N5O2. The average Bonchev–Trinajstić information content (AvgIpc) is 3.34. The summed E-state index contributed by atoms with van der Waals surface area (Å²) in [6.45, 7) is 5.96. The molecule has 0 unspecified atom stereocenters. The topological polar surface area (TPSA) is 94.4 Å². The van der Waals surface area contributed by atoms with Gasteiger partial charge in [0, 0.05) is 30.2 Å². The van der Waals surface area contributed by atoms with Crippen LogP contribution in [-0.4, -0.2) is 36.5 Å². The van der Waals surface area contributed by atoms with Gasteiger partial charge in [-0.25, -0.2) is 4.99 Å². The maximum Gasteiger partial charge on any atom is 0.242 e. The number of benzene rings is 1. The van der Waals surface area contributed by atoms with Crippen molar-refractivity contribution in [3.8, 4) is 0 Å². The number of carbonyl (C=O) groups excluding carboxylic acids is 1. The highest BCUT2D eigenvalue weighted by atomic mass is 16.3. The van der Waals surface area contributed by atoms with E-state index in [1.165, 1.54) is 16.5 Å². The fraction of sp³-hybridized carbons (Fsp3) is 0.333. The third-order valence-electron chi connectivity index (χ3n) is 4.37. The number of amides is 1. The molecule has 0 bridgehead atoms. The number of aryl methyl sites for hydroxylation is 1. The zero-order valence-electron chi connectivity index (χ0n) is 16.3. The summed E-state index contributed by atoms with van der Waals surface area (Å²) in [7, 11) is 0. The number of aromatic nitrogens is 1. The molecule has 0 fully saturated rings. The molecule has 4 N–H and O–H groups in total. The van der Waals surface area contributed by atoms with Crippen molar-refractivity contribution in [1.29, 1.82) is 0 Å². The smallest absolute Gasteiger partial charge is 0.242 e. The van der Waals surface area contributed by atoms with E-state index in [2.05, 4.69) is 57.2 Å². The lowest BCUT2D eigenvalue weighted by Gasteiger charge is -2.11. The molecule has 3 rings (SSSR count). The van der Waals surface area contributed by atoms with Crippen LogP contribution in [0.25, 0.3) is 10.9 Å². The molecule has 2 aromatic heterocycles. The number of hydrogen-bond acceptors (Lipinski definition) is 3. The van der Waals surface area contributed by atoms with E-state index < -0.39 is 0 Å². The number of carbonyl (C=O) groups is 1. The number of rotatable bonds is 8. The number of aliphatic imine (C=N–C) groups is 1. The second kappa shape index (κ2) is 9.64. The van der Waals surface area contributed by atoms with Gasteiger partial charge in [0.15, 0.2) is 5.96 Å². The number of H-pyrrole nitrogens is 1. The molecule has 0 aliphatic carbocycles. The average molecular weight is 381 g/mol. The predicted molar refractivity (Wildman–Crippen MR) is 111 cm³/mol. The van der Waals surface area contributed by atoms with Gasteiger partial charge in [0.05, 0.1) is 12.8 Å². The fourth-order valence-electron chi connectivity index (χ4n) is 2.97. The summed E-state index contributed by atoms with van der Waals surface area (Å²) in [6, 6.07) is 10.0. The predicted octanol–water partition coefficient (Wildman–Crippen LogP) is 2.48. The fourth-order valence-corrected chi connectivity index (χ4v) is 2.97. The molecule has 0 saturated carbocycles. The van der Waals surface area contributed by atoms with Gasteiger partial charge in [-0.2, -0.15) is 0 Å². The SMILES string of the molecule is CCNC(=NCC(=O)NCc1ccco1)NCCc1c[nH]c2cc(C)ccc12. The number of nitrogens with zero attached hydrogens (tertiary/aromatic N) is 1. The molecule has 0 spiro atoms. The quantitative estimate of drug-likeness (QED) is 0.356. The Hall–Kier alpha value is -3.22. The second-order valence-electron chi connectivity index (χ2n) is 6.59. The minimum atomic E-state index is -0.152. The van der Waals surface area contributed by atoms with Gasteiger partial charge >= 0.3 is 0 Å². The number of hydrogen-bond donors (Lipinski definition) is 4. The Morgan fingerprint density at radius 2 is 2.11 bits per heavy atom. The number of aromatic amines is 1. The van der Waals surface area contributed by atoms with E-state index in [0.717, 1.165) is 30.8 Å². The molecular weight excluding hydrogens is 354 g/mol. The van der Waals surface area contributed by atoms with Crippen LogP contribution >= 0.6 is 0 Å². The Morgan fingerprint density at radius 3 is 2.89 bits per heavy atom. The van der Waals surface area contributed by atoms with Gasteiger partial charge in [-0.1, -0.05) is 12.1 Å². The van der Waals surface area contributed by atoms with Crippen molar-refractivity contribution in [2.24, 2.45) is 4.99 Å². The van der Waals surface area contributed by atoms with Gasteiger partial charge in [-0.3, -0.25) is 4.79 Å². The first kappa shape index (κ1) is 19.5. The molecule has 7 nitrogen and oxygen atoms in total. The minimum absolute atomic E-state index is 0.0579. The Bertz CT molecular complexity index is 928. The van der Waals surface area contributed by atoms with Crippen molar-refractivity contribution in [2.45, 2.75) is 26.8 Å². The molecule has 0 radical (unpaired) electrons. The van der Waals surface area contributed by atoms with Crippen LogP contribution in [0.15, 0.2) is 52.2 Å². The Morgan fingerprint density at radius 1 is 1.21 bits per heavy atom. The van der Waals surface area contributed by atoms with Crippen molar-refractivity contribution in [3.63, 3.8) is 0 Å². The summed E-state index contributed by atoms with van der Waals surface area (Å²) in [6.07, 6.45) is 4.50. The first-order valence-corrected chi connectivity index (χ1v) is 9.53. The summed E-state index contributed by atoms with van der Waals surface area (Å²) in [4.78, 5) is 19.6. The van der Waals surface area contributed by atoms with E-state index in [-0.39, 0.29) is 12.5 Å². The molecule has 0 aliphatic rings. The Labute approximate surface area is 164 Å². The summed E-state index contributed by atoms with van der Waals surface area (Å²) in [5, 5.41) is 10.5. The lowest BCUT2D eigenvalue weighted by atomic mass is 10.1. The number of fused-ring (bicyclic) bond motifs is 1. The summed E-state index contributed by atoms with van der Waals surface area (Å²) in [5.74, 6) is 1.20. The largest absolute Gasteiger partial charge is 0.467 e. The minimum Gasteiger partial charge on any atom is -0.467 e. The van der Waals surface area contributed by atoms with Crippen LogP contribution < -0.4 is 16.0 Å². The lowest BCUT2D eigenvalue weighted by Crippen LogP contribution is -2.39. The van der Waals surface area contributed by atoms with Crippen LogP contribution in [0, 0.1) is 6.92 Å². The third-order valence-corrected chi connectivity index (χ3v) is 4.37. The number of furan rings is 1. The van der Waals surface area contributed by atoms with Crippen LogP contribution in [-0.2, 0) is 17.8 Å². The van der Waals surface area contributed by atoms with Gasteiger partial charge in [-0.15, -0.1) is 0 Å². The first-order chi connectivity index (χ1) is 13.7. The standard InChI is InChI=1S/C21H27N5O2/c1-3-22-21(26-14-20(27)25-13-17-5-4-10-28-17)23-9-8-16-12-24-19-11-15(2)6-7-18(16)19/h4-7,10-12,24H,3,8-9,13-14H2,1-2H3,(H,25,27)(H2,22,23,26).